The molecule has 0 aliphatic rings. The first kappa shape index (κ1) is 17.3. The zero-order valence-corrected chi connectivity index (χ0v) is 10.0. The lowest BCUT2D eigenvalue weighted by molar-refractivity contribution is -0.157. The second-order valence-corrected chi connectivity index (χ2v) is 3.87. The van der Waals surface area contributed by atoms with Crippen LogP contribution in [-0.4, -0.2) is 43.6 Å². The van der Waals surface area contributed by atoms with E-state index in [1.807, 2.05) is 0 Å². The van der Waals surface area contributed by atoms with Gasteiger partial charge in [0.15, 0.2) is 11.2 Å². The smallest absolute Gasteiger partial charge is 0.335 e. The summed E-state index contributed by atoms with van der Waals surface area (Å²) in [6.07, 6.45) is 0.477. The van der Waals surface area contributed by atoms with E-state index in [4.69, 9.17) is 20.4 Å². The highest BCUT2D eigenvalue weighted by Crippen LogP contribution is 2.07. The Hall–Kier alpha value is -1.14. The number of carbonyl (C=O) groups is 2. The van der Waals surface area contributed by atoms with Gasteiger partial charge in [0.05, 0.1) is 0 Å². The van der Waals surface area contributed by atoms with Crippen LogP contribution in [-0.2, 0) is 9.59 Å². The Morgan fingerprint density at radius 2 is 1.06 bits per heavy atom. The zero-order valence-electron chi connectivity index (χ0n) is 10.0. The minimum absolute atomic E-state index is 0.238. The summed E-state index contributed by atoms with van der Waals surface area (Å²) in [4.78, 5) is 20.0. The van der Waals surface area contributed by atoms with Crippen LogP contribution in [0, 0.1) is 0 Å². The highest BCUT2D eigenvalue weighted by Gasteiger charge is 2.27. The second-order valence-electron chi connectivity index (χ2n) is 3.87. The highest BCUT2D eigenvalue weighted by atomic mass is 16.4. The van der Waals surface area contributed by atoms with Crippen LogP contribution in [0.4, 0.5) is 0 Å². The van der Waals surface area contributed by atoms with Crippen molar-refractivity contribution >= 4 is 11.9 Å². The summed E-state index contributed by atoms with van der Waals surface area (Å²) in [5.41, 5.74) is -3.08. The van der Waals surface area contributed by atoms with Gasteiger partial charge in [-0.25, -0.2) is 9.59 Å². The quantitative estimate of drug-likeness (QED) is 0.563. The first-order chi connectivity index (χ1) is 7.01. The lowest BCUT2D eigenvalue weighted by Crippen LogP contribution is -2.33. The molecule has 2 atom stereocenters. The molecule has 6 heteroatoms. The van der Waals surface area contributed by atoms with E-state index in [2.05, 4.69) is 0 Å². The van der Waals surface area contributed by atoms with Gasteiger partial charge in [0.2, 0.25) is 0 Å². The standard InChI is InChI=1S/2C5H10O3/c2*1-3-5(2,8)4(6)7/h2*8H,3H2,1-2H3,(H,6,7). The molecule has 0 radical (unpaired) electrons. The summed E-state index contributed by atoms with van der Waals surface area (Å²) in [5.74, 6) is -2.33. The van der Waals surface area contributed by atoms with E-state index in [1.165, 1.54) is 13.8 Å². The molecule has 0 saturated carbocycles. The zero-order chi connectivity index (χ0) is 13.6. The number of carboxylic acids is 2. The van der Waals surface area contributed by atoms with Crippen molar-refractivity contribution in [3.63, 3.8) is 0 Å². The Morgan fingerprint density at radius 3 is 1.06 bits per heavy atom. The molecule has 0 aromatic rings. The van der Waals surface area contributed by atoms with E-state index in [0.29, 0.717) is 0 Å². The molecule has 16 heavy (non-hydrogen) atoms. The number of rotatable bonds is 4. The van der Waals surface area contributed by atoms with E-state index in [-0.39, 0.29) is 12.8 Å². The maximum absolute atomic E-state index is 10.0. The molecule has 0 heterocycles. The van der Waals surface area contributed by atoms with Crippen LogP contribution >= 0.6 is 0 Å². The van der Waals surface area contributed by atoms with Gasteiger partial charge in [-0.05, 0) is 26.7 Å². The number of aliphatic hydroxyl groups is 2. The number of carboxylic acid groups (broad SMARTS) is 2. The number of hydrogen-bond donors (Lipinski definition) is 4. The van der Waals surface area contributed by atoms with Crippen LogP contribution in [0.2, 0.25) is 0 Å². The SMILES string of the molecule is CCC(C)(O)C(=O)O.CCC(C)(O)C(=O)O. The molecule has 0 fully saturated rings. The fraction of sp³-hybridized carbons (Fsp3) is 0.800. The van der Waals surface area contributed by atoms with Gasteiger partial charge in [-0.2, -0.15) is 0 Å². The van der Waals surface area contributed by atoms with E-state index >= 15 is 0 Å². The summed E-state index contributed by atoms with van der Waals surface area (Å²) >= 11 is 0. The first-order valence-electron chi connectivity index (χ1n) is 4.92. The molecule has 0 aromatic carbocycles. The summed E-state index contributed by atoms with van der Waals surface area (Å²) in [7, 11) is 0. The Labute approximate surface area is 94.5 Å². The Morgan fingerprint density at radius 1 is 0.875 bits per heavy atom. The lowest BCUT2D eigenvalue weighted by Gasteiger charge is -2.13. The maximum atomic E-state index is 10.0. The van der Waals surface area contributed by atoms with Crippen molar-refractivity contribution < 1.29 is 30.0 Å². The first-order valence-corrected chi connectivity index (χ1v) is 4.92. The molecule has 0 saturated heterocycles. The maximum Gasteiger partial charge on any atom is 0.335 e. The third-order valence-electron chi connectivity index (χ3n) is 2.30. The van der Waals surface area contributed by atoms with Gasteiger partial charge in [0.1, 0.15) is 0 Å². The Bertz CT molecular complexity index is 218. The van der Waals surface area contributed by atoms with E-state index in [9.17, 15) is 9.59 Å². The van der Waals surface area contributed by atoms with Gasteiger partial charge in [-0.1, -0.05) is 13.8 Å². The van der Waals surface area contributed by atoms with Crippen molar-refractivity contribution in [1.82, 2.24) is 0 Å². The average molecular weight is 236 g/mol. The average Bonchev–Trinajstić information content (AvgIpc) is 2.18. The predicted molar refractivity (Wildman–Crippen MR) is 57.1 cm³/mol. The van der Waals surface area contributed by atoms with Crippen LogP contribution in [0.15, 0.2) is 0 Å². The lowest BCUT2D eigenvalue weighted by atomic mass is 10.1. The van der Waals surface area contributed by atoms with Crippen LogP contribution in [0.25, 0.3) is 0 Å². The highest BCUT2D eigenvalue weighted by molar-refractivity contribution is 5.76. The fourth-order valence-corrected chi connectivity index (χ4v) is 0.302. The summed E-state index contributed by atoms with van der Waals surface area (Å²) in [5, 5.41) is 34.0. The molecule has 0 rings (SSSR count). The Balaban J connectivity index is 0. The molecule has 0 spiro atoms. The fourth-order valence-electron chi connectivity index (χ4n) is 0.302. The van der Waals surface area contributed by atoms with Gasteiger partial charge >= 0.3 is 11.9 Å². The van der Waals surface area contributed by atoms with Crippen molar-refractivity contribution in [2.45, 2.75) is 51.7 Å². The molecule has 0 aliphatic carbocycles. The normalized spacial score (nSPS) is 17.4. The van der Waals surface area contributed by atoms with Gasteiger partial charge < -0.3 is 20.4 Å². The van der Waals surface area contributed by atoms with E-state index in [1.54, 1.807) is 13.8 Å². The molecular weight excluding hydrogens is 216 g/mol. The van der Waals surface area contributed by atoms with Crippen molar-refractivity contribution in [2.24, 2.45) is 0 Å². The van der Waals surface area contributed by atoms with Crippen molar-refractivity contribution in [3.05, 3.63) is 0 Å². The van der Waals surface area contributed by atoms with Crippen molar-refractivity contribution in [1.29, 1.82) is 0 Å². The summed E-state index contributed by atoms with van der Waals surface area (Å²) < 4.78 is 0. The van der Waals surface area contributed by atoms with Crippen LogP contribution in [0.1, 0.15) is 40.5 Å². The largest absolute Gasteiger partial charge is 0.479 e. The van der Waals surface area contributed by atoms with Crippen molar-refractivity contribution in [2.75, 3.05) is 0 Å². The van der Waals surface area contributed by atoms with Gasteiger partial charge in [-0.3, -0.25) is 0 Å². The molecule has 6 nitrogen and oxygen atoms in total. The molecule has 0 aliphatic heterocycles. The third kappa shape index (κ3) is 6.36. The number of hydrogen-bond acceptors (Lipinski definition) is 4. The van der Waals surface area contributed by atoms with Crippen LogP contribution < -0.4 is 0 Å². The molecule has 96 valence electrons. The van der Waals surface area contributed by atoms with E-state index < -0.39 is 23.1 Å². The number of aliphatic carboxylic acids is 2. The molecule has 2 unspecified atom stereocenters. The van der Waals surface area contributed by atoms with Crippen molar-refractivity contribution in [3.8, 4) is 0 Å². The van der Waals surface area contributed by atoms with E-state index in [0.717, 1.165) is 0 Å². The Kier molecular flexibility index (Phi) is 6.95. The summed E-state index contributed by atoms with van der Waals surface area (Å²) in [6, 6.07) is 0. The topological polar surface area (TPSA) is 115 Å². The molecular formula is C10H20O6. The minimum Gasteiger partial charge on any atom is -0.479 e. The minimum atomic E-state index is -1.54. The molecule has 0 bridgehead atoms. The second kappa shape index (κ2) is 6.44. The molecule has 0 aromatic heterocycles. The third-order valence-corrected chi connectivity index (χ3v) is 2.30. The molecule has 4 N–H and O–H groups in total. The summed E-state index contributed by atoms with van der Waals surface area (Å²) in [6.45, 7) is 5.78. The van der Waals surface area contributed by atoms with Crippen LogP contribution in [0.5, 0.6) is 0 Å². The van der Waals surface area contributed by atoms with Gasteiger partial charge in [-0.15, -0.1) is 0 Å². The van der Waals surface area contributed by atoms with Gasteiger partial charge in [0, 0.05) is 0 Å². The molecule has 0 amide bonds. The van der Waals surface area contributed by atoms with Gasteiger partial charge in [0.25, 0.3) is 0 Å². The predicted octanol–water partition coefficient (Wildman–Crippen LogP) is 0.464. The monoisotopic (exact) mass is 236 g/mol. The van der Waals surface area contributed by atoms with Crippen LogP contribution in [0.3, 0.4) is 0 Å².